The molecule has 4 rings (SSSR count). The average Bonchev–Trinajstić information content (AvgIpc) is 3.45. The van der Waals surface area contributed by atoms with Crippen LogP contribution in [0.4, 0.5) is 10.5 Å². The molecule has 144 valence electrons. The monoisotopic (exact) mass is 395 g/mol. The number of urea groups is 1. The van der Waals surface area contributed by atoms with Crippen LogP contribution in [-0.2, 0) is 0 Å². The number of carbonyl (C=O) groups excluding carboxylic acids is 1. The minimum absolute atomic E-state index is 0.151. The number of carbonyl (C=O) groups is 1. The number of nitrogens with zero attached hydrogens (tertiary/aromatic N) is 3. The molecule has 28 heavy (non-hydrogen) atoms. The number of aromatic amines is 1. The number of benzene rings is 2. The molecule has 3 aromatic rings. The summed E-state index contributed by atoms with van der Waals surface area (Å²) >= 11 is 6.26. The number of rotatable bonds is 5. The molecule has 2 aromatic carbocycles. The fourth-order valence-electron chi connectivity index (χ4n) is 3.06. The third-order valence-corrected chi connectivity index (χ3v) is 5.46. The van der Waals surface area contributed by atoms with Crippen molar-refractivity contribution >= 4 is 23.3 Å². The first-order valence-corrected chi connectivity index (χ1v) is 9.71. The maximum absolute atomic E-state index is 12.6. The molecule has 6 nitrogen and oxygen atoms in total. The van der Waals surface area contributed by atoms with Crippen LogP contribution in [0.3, 0.4) is 0 Å². The maximum atomic E-state index is 12.6. The number of halogens is 1. The highest BCUT2D eigenvalue weighted by atomic mass is 35.5. The van der Waals surface area contributed by atoms with Crippen molar-refractivity contribution < 1.29 is 4.79 Å². The topological polar surface area (TPSA) is 73.9 Å². The second-order valence-corrected chi connectivity index (χ2v) is 7.54. The summed E-state index contributed by atoms with van der Waals surface area (Å²) in [6.07, 6.45) is 2.36. The molecule has 1 fully saturated rings. The molecule has 2 N–H and O–H groups in total. The van der Waals surface area contributed by atoms with Crippen molar-refractivity contribution in [3.8, 4) is 11.4 Å². The van der Waals surface area contributed by atoms with Gasteiger partial charge in [0.05, 0.1) is 6.04 Å². The summed E-state index contributed by atoms with van der Waals surface area (Å²) in [5, 5.41) is 10.9. The summed E-state index contributed by atoms with van der Waals surface area (Å²) in [5.41, 5.74) is 2.54. The molecule has 1 saturated carbocycles. The summed E-state index contributed by atoms with van der Waals surface area (Å²) < 4.78 is 0. The molecule has 2 amide bonds. The quantitative estimate of drug-likeness (QED) is 0.621. The van der Waals surface area contributed by atoms with Gasteiger partial charge in [-0.05, 0) is 55.7 Å². The van der Waals surface area contributed by atoms with Crippen molar-refractivity contribution in [1.82, 2.24) is 20.1 Å². The van der Waals surface area contributed by atoms with E-state index in [1.54, 1.807) is 11.9 Å². The minimum Gasteiger partial charge on any atom is -0.321 e. The van der Waals surface area contributed by atoms with Gasteiger partial charge in [0.2, 0.25) is 0 Å². The SMILES string of the molecule is CC(c1ccccc1Cl)N(C)C(=O)Nc1ccc(-c2n[nH]c(C3CC3)n2)cc1. The Morgan fingerprint density at radius 1 is 1.21 bits per heavy atom. The van der Waals surface area contributed by atoms with Gasteiger partial charge in [-0.3, -0.25) is 5.10 Å². The first-order chi connectivity index (χ1) is 13.5. The molecule has 0 saturated heterocycles. The molecule has 1 atom stereocenters. The second-order valence-electron chi connectivity index (χ2n) is 7.13. The number of anilines is 1. The van der Waals surface area contributed by atoms with Crippen molar-refractivity contribution in [2.45, 2.75) is 31.7 Å². The smallest absolute Gasteiger partial charge is 0.321 e. The van der Waals surface area contributed by atoms with Crippen LogP contribution in [0, 0.1) is 0 Å². The van der Waals surface area contributed by atoms with Crippen LogP contribution >= 0.6 is 11.6 Å². The number of aromatic nitrogens is 3. The van der Waals surface area contributed by atoms with E-state index in [1.807, 2.05) is 55.5 Å². The van der Waals surface area contributed by atoms with Crippen molar-refractivity contribution in [3.05, 3.63) is 64.9 Å². The first-order valence-electron chi connectivity index (χ1n) is 9.34. The average molecular weight is 396 g/mol. The second kappa shape index (κ2) is 7.64. The summed E-state index contributed by atoms with van der Waals surface area (Å²) in [4.78, 5) is 18.8. The molecule has 1 aromatic heterocycles. The normalized spacial score (nSPS) is 14.5. The van der Waals surface area contributed by atoms with E-state index in [9.17, 15) is 4.79 Å². The molecule has 1 heterocycles. The van der Waals surface area contributed by atoms with Crippen molar-refractivity contribution in [2.24, 2.45) is 0 Å². The zero-order chi connectivity index (χ0) is 19.7. The highest BCUT2D eigenvalue weighted by Gasteiger charge is 2.27. The molecule has 7 heteroatoms. The van der Waals surface area contributed by atoms with Gasteiger partial charge in [0.15, 0.2) is 5.82 Å². The highest BCUT2D eigenvalue weighted by Crippen LogP contribution is 2.38. The number of H-pyrrole nitrogens is 1. The number of hydrogen-bond donors (Lipinski definition) is 2. The standard InChI is InChI=1S/C21H22ClN5O/c1-13(17-5-3-4-6-18(17)22)27(2)21(28)23-16-11-9-15(10-12-16)20-24-19(25-26-20)14-7-8-14/h3-6,9-14H,7-8H2,1-2H3,(H,23,28)(H,24,25,26). The van der Waals surface area contributed by atoms with Gasteiger partial charge in [-0.15, -0.1) is 0 Å². The zero-order valence-corrected chi connectivity index (χ0v) is 16.6. The predicted octanol–water partition coefficient (Wildman–Crippen LogP) is 5.23. The molecule has 0 spiro atoms. The molecular formula is C21H22ClN5O. The maximum Gasteiger partial charge on any atom is 0.322 e. The Morgan fingerprint density at radius 2 is 1.93 bits per heavy atom. The lowest BCUT2D eigenvalue weighted by Crippen LogP contribution is -2.33. The molecule has 0 aliphatic heterocycles. The molecule has 1 aliphatic rings. The van der Waals surface area contributed by atoms with Crippen LogP contribution in [0.25, 0.3) is 11.4 Å². The Hall–Kier alpha value is -2.86. The summed E-state index contributed by atoms with van der Waals surface area (Å²) in [6.45, 7) is 1.95. The lowest BCUT2D eigenvalue weighted by atomic mass is 10.1. The Labute approximate surface area is 168 Å². The van der Waals surface area contributed by atoms with Crippen LogP contribution in [0.1, 0.15) is 43.1 Å². The van der Waals surface area contributed by atoms with Crippen molar-refractivity contribution in [3.63, 3.8) is 0 Å². The van der Waals surface area contributed by atoms with Crippen LogP contribution in [0.5, 0.6) is 0 Å². The van der Waals surface area contributed by atoms with E-state index in [1.165, 1.54) is 12.8 Å². The minimum atomic E-state index is -0.200. The summed E-state index contributed by atoms with van der Waals surface area (Å²) in [7, 11) is 1.75. The highest BCUT2D eigenvalue weighted by molar-refractivity contribution is 6.31. The van der Waals surface area contributed by atoms with E-state index in [4.69, 9.17) is 11.6 Å². The summed E-state index contributed by atoms with van der Waals surface area (Å²) in [5.74, 6) is 2.18. The van der Waals surface area contributed by atoms with Gasteiger partial charge in [0, 0.05) is 29.2 Å². The van der Waals surface area contributed by atoms with E-state index in [0.717, 1.165) is 17.0 Å². The lowest BCUT2D eigenvalue weighted by molar-refractivity contribution is 0.208. The van der Waals surface area contributed by atoms with Gasteiger partial charge in [-0.25, -0.2) is 9.78 Å². The number of hydrogen-bond acceptors (Lipinski definition) is 3. The molecule has 0 radical (unpaired) electrons. The fraction of sp³-hybridized carbons (Fsp3) is 0.286. The number of amides is 2. The zero-order valence-electron chi connectivity index (χ0n) is 15.8. The van der Waals surface area contributed by atoms with E-state index >= 15 is 0 Å². The van der Waals surface area contributed by atoms with E-state index in [-0.39, 0.29) is 12.1 Å². The van der Waals surface area contributed by atoms with Gasteiger partial charge in [0.25, 0.3) is 0 Å². The van der Waals surface area contributed by atoms with E-state index in [0.29, 0.717) is 22.5 Å². The van der Waals surface area contributed by atoms with Crippen LogP contribution in [0.15, 0.2) is 48.5 Å². The van der Waals surface area contributed by atoms with Crippen molar-refractivity contribution in [1.29, 1.82) is 0 Å². The van der Waals surface area contributed by atoms with E-state index < -0.39 is 0 Å². The van der Waals surface area contributed by atoms with Gasteiger partial charge < -0.3 is 10.2 Å². The third-order valence-electron chi connectivity index (χ3n) is 5.12. The fourth-order valence-corrected chi connectivity index (χ4v) is 3.35. The van der Waals surface area contributed by atoms with Crippen LogP contribution in [-0.4, -0.2) is 33.2 Å². The molecular weight excluding hydrogens is 374 g/mol. The van der Waals surface area contributed by atoms with Crippen LogP contribution in [0.2, 0.25) is 5.02 Å². The third kappa shape index (κ3) is 3.87. The Balaban J connectivity index is 1.41. The van der Waals surface area contributed by atoms with E-state index in [2.05, 4.69) is 20.5 Å². The van der Waals surface area contributed by atoms with Gasteiger partial charge in [0.1, 0.15) is 5.82 Å². The molecule has 0 bridgehead atoms. The summed E-state index contributed by atoms with van der Waals surface area (Å²) in [6, 6.07) is 14.7. The van der Waals surface area contributed by atoms with Gasteiger partial charge in [-0.2, -0.15) is 5.10 Å². The Morgan fingerprint density at radius 3 is 2.61 bits per heavy atom. The Kier molecular flexibility index (Phi) is 5.05. The molecule has 1 unspecified atom stereocenters. The van der Waals surface area contributed by atoms with Crippen LogP contribution < -0.4 is 5.32 Å². The molecule has 1 aliphatic carbocycles. The lowest BCUT2D eigenvalue weighted by Gasteiger charge is -2.26. The Bertz CT molecular complexity index is 980. The van der Waals surface area contributed by atoms with Gasteiger partial charge >= 0.3 is 6.03 Å². The largest absolute Gasteiger partial charge is 0.322 e. The first kappa shape index (κ1) is 18.5. The predicted molar refractivity (Wildman–Crippen MR) is 110 cm³/mol. The van der Waals surface area contributed by atoms with Crippen molar-refractivity contribution in [2.75, 3.05) is 12.4 Å². The van der Waals surface area contributed by atoms with Gasteiger partial charge in [-0.1, -0.05) is 29.8 Å². The number of nitrogens with one attached hydrogen (secondary N) is 2.